The SMILES string of the molecule is CCCCOC(=O)NN(C(=O)OCCCC)C(=O)OCCCC. The summed E-state index contributed by atoms with van der Waals surface area (Å²) in [6, 6.07) is 0. The molecule has 8 heteroatoms. The predicted octanol–water partition coefficient (Wildman–Crippen LogP) is 3.60. The van der Waals surface area contributed by atoms with Crippen molar-refractivity contribution < 1.29 is 28.6 Å². The highest BCUT2D eigenvalue weighted by molar-refractivity contribution is 5.89. The van der Waals surface area contributed by atoms with Gasteiger partial charge < -0.3 is 14.2 Å². The van der Waals surface area contributed by atoms with E-state index in [9.17, 15) is 14.4 Å². The molecule has 0 aliphatic rings. The molecule has 0 unspecified atom stereocenters. The van der Waals surface area contributed by atoms with E-state index in [0.717, 1.165) is 19.3 Å². The van der Waals surface area contributed by atoms with E-state index >= 15 is 0 Å². The van der Waals surface area contributed by atoms with Gasteiger partial charge in [0.25, 0.3) is 0 Å². The highest BCUT2D eigenvalue weighted by Crippen LogP contribution is 2.00. The molecule has 0 fully saturated rings. The van der Waals surface area contributed by atoms with Crippen LogP contribution in [0.15, 0.2) is 0 Å². The monoisotopic (exact) mass is 332 g/mol. The van der Waals surface area contributed by atoms with Gasteiger partial charge in [-0.25, -0.2) is 19.8 Å². The van der Waals surface area contributed by atoms with Crippen LogP contribution in [0.3, 0.4) is 0 Å². The standard InChI is InChI=1S/C15H28N2O6/c1-4-7-10-21-13(18)16-17(14(19)22-11-8-5-2)15(20)23-12-9-6-3/h4-12H2,1-3H3,(H,16,18). The van der Waals surface area contributed by atoms with Crippen LogP contribution in [-0.4, -0.2) is 43.1 Å². The minimum atomic E-state index is -0.993. The van der Waals surface area contributed by atoms with Crippen molar-refractivity contribution in [3.63, 3.8) is 0 Å². The molecule has 8 nitrogen and oxygen atoms in total. The molecule has 0 saturated heterocycles. The predicted molar refractivity (Wildman–Crippen MR) is 83.7 cm³/mol. The number of hydrogen-bond acceptors (Lipinski definition) is 6. The average molecular weight is 332 g/mol. The first-order chi connectivity index (χ1) is 11.1. The second kappa shape index (κ2) is 13.7. The van der Waals surface area contributed by atoms with Crippen LogP contribution in [-0.2, 0) is 14.2 Å². The number of rotatable bonds is 9. The number of hydrazine groups is 1. The number of amides is 3. The molecular weight excluding hydrogens is 304 g/mol. The van der Waals surface area contributed by atoms with E-state index in [2.05, 4.69) is 5.43 Å². The Balaban J connectivity index is 4.54. The molecule has 0 spiro atoms. The Kier molecular flexibility index (Phi) is 12.5. The van der Waals surface area contributed by atoms with Crippen molar-refractivity contribution in [2.45, 2.75) is 59.3 Å². The number of nitrogens with zero attached hydrogens (tertiary/aromatic N) is 1. The van der Waals surface area contributed by atoms with Crippen LogP contribution in [0.25, 0.3) is 0 Å². The van der Waals surface area contributed by atoms with Gasteiger partial charge in [0, 0.05) is 0 Å². The van der Waals surface area contributed by atoms with Crippen molar-refractivity contribution in [3.8, 4) is 0 Å². The lowest BCUT2D eigenvalue weighted by atomic mass is 10.4. The van der Waals surface area contributed by atoms with Crippen LogP contribution in [0.5, 0.6) is 0 Å². The van der Waals surface area contributed by atoms with E-state index in [1.165, 1.54) is 0 Å². The van der Waals surface area contributed by atoms with Gasteiger partial charge >= 0.3 is 18.3 Å². The van der Waals surface area contributed by atoms with Crippen molar-refractivity contribution in [2.75, 3.05) is 19.8 Å². The van der Waals surface area contributed by atoms with Crippen LogP contribution < -0.4 is 5.43 Å². The van der Waals surface area contributed by atoms with E-state index in [1.54, 1.807) is 0 Å². The minimum Gasteiger partial charge on any atom is -0.448 e. The maximum atomic E-state index is 11.9. The van der Waals surface area contributed by atoms with Gasteiger partial charge in [-0.1, -0.05) is 40.0 Å². The molecule has 0 atom stereocenters. The van der Waals surface area contributed by atoms with Crippen LogP contribution in [0.2, 0.25) is 0 Å². The van der Waals surface area contributed by atoms with Gasteiger partial charge in [-0.15, -0.1) is 5.01 Å². The Hall–Kier alpha value is -1.99. The molecule has 0 heterocycles. The Morgan fingerprint density at radius 1 is 0.739 bits per heavy atom. The zero-order chi connectivity index (χ0) is 17.5. The van der Waals surface area contributed by atoms with E-state index in [1.807, 2.05) is 20.8 Å². The summed E-state index contributed by atoms with van der Waals surface area (Å²) >= 11 is 0. The average Bonchev–Trinajstić information content (AvgIpc) is 2.53. The summed E-state index contributed by atoms with van der Waals surface area (Å²) in [5.74, 6) is 0. The number of hydrogen-bond donors (Lipinski definition) is 1. The van der Waals surface area contributed by atoms with E-state index in [0.29, 0.717) is 24.3 Å². The normalized spacial score (nSPS) is 9.87. The summed E-state index contributed by atoms with van der Waals surface area (Å²) < 4.78 is 14.7. The number of imide groups is 1. The minimum absolute atomic E-state index is 0.153. The molecule has 0 aliphatic carbocycles. The van der Waals surface area contributed by atoms with Gasteiger partial charge in [0.05, 0.1) is 19.8 Å². The van der Waals surface area contributed by atoms with Crippen molar-refractivity contribution in [1.29, 1.82) is 0 Å². The van der Waals surface area contributed by atoms with Crippen LogP contribution in [0.1, 0.15) is 59.3 Å². The number of carbonyl (C=O) groups excluding carboxylic acids is 3. The van der Waals surface area contributed by atoms with Crippen molar-refractivity contribution in [3.05, 3.63) is 0 Å². The molecule has 0 aliphatic heterocycles. The number of nitrogens with one attached hydrogen (secondary N) is 1. The van der Waals surface area contributed by atoms with Gasteiger partial charge in [-0.3, -0.25) is 0 Å². The second-order valence-corrected chi connectivity index (χ2v) is 4.87. The Morgan fingerprint density at radius 3 is 1.52 bits per heavy atom. The Bertz CT molecular complexity index is 340. The topological polar surface area (TPSA) is 94.2 Å². The molecule has 0 bridgehead atoms. The maximum Gasteiger partial charge on any atom is 0.439 e. The molecule has 3 amide bonds. The number of ether oxygens (including phenoxy) is 3. The fraction of sp³-hybridized carbons (Fsp3) is 0.800. The first-order valence-corrected chi connectivity index (χ1v) is 8.13. The molecule has 0 rings (SSSR count). The van der Waals surface area contributed by atoms with Gasteiger partial charge in [-0.2, -0.15) is 0 Å². The third-order valence-electron chi connectivity index (χ3n) is 2.75. The van der Waals surface area contributed by atoms with Gasteiger partial charge in [-0.05, 0) is 19.3 Å². The molecule has 0 aromatic rings. The van der Waals surface area contributed by atoms with E-state index in [-0.39, 0.29) is 19.8 Å². The summed E-state index contributed by atoms with van der Waals surface area (Å²) in [5.41, 5.74) is 2.05. The van der Waals surface area contributed by atoms with Crippen LogP contribution in [0, 0.1) is 0 Å². The Morgan fingerprint density at radius 2 is 1.13 bits per heavy atom. The summed E-state index contributed by atoms with van der Waals surface area (Å²) in [4.78, 5) is 35.4. The van der Waals surface area contributed by atoms with Gasteiger partial charge in [0.2, 0.25) is 0 Å². The van der Waals surface area contributed by atoms with E-state index in [4.69, 9.17) is 14.2 Å². The van der Waals surface area contributed by atoms with Crippen molar-refractivity contribution in [2.24, 2.45) is 0 Å². The molecule has 0 saturated carbocycles. The van der Waals surface area contributed by atoms with E-state index < -0.39 is 18.3 Å². The lowest BCUT2D eigenvalue weighted by molar-refractivity contribution is 0.0517. The van der Waals surface area contributed by atoms with Crippen LogP contribution >= 0.6 is 0 Å². The lowest BCUT2D eigenvalue weighted by Gasteiger charge is -2.20. The maximum absolute atomic E-state index is 11.9. The fourth-order valence-corrected chi connectivity index (χ4v) is 1.34. The highest BCUT2D eigenvalue weighted by atomic mass is 16.6. The molecule has 1 N–H and O–H groups in total. The second-order valence-electron chi connectivity index (χ2n) is 4.87. The molecule has 0 aromatic carbocycles. The van der Waals surface area contributed by atoms with Crippen molar-refractivity contribution in [1.82, 2.24) is 10.4 Å². The first kappa shape index (κ1) is 21.0. The molecule has 0 aromatic heterocycles. The van der Waals surface area contributed by atoms with Crippen molar-refractivity contribution >= 4 is 18.3 Å². The Labute approximate surface area is 137 Å². The zero-order valence-electron chi connectivity index (χ0n) is 14.3. The zero-order valence-corrected chi connectivity index (χ0v) is 14.3. The van der Waals surface area contributed by atoms with Crippen LogP contribution in [0.4, 0.5) is 14.4 Å². The number of carbonyl (C=O) groups is 3. The lowest BCUT2D eigenvalue weighted by Crippen LogP contribution is -2.50. The van der Waals surface area contributed by atoms with Gasteiger partial charge in [0.15, 0.2) is 0 Å². The summed E-state index contributed by atoms with van der Waals surface area (Å²) in [7, 11) is 0. The number of unbranched alkanes of at least 4 members (excludes halogenated alkanes) is 3. The molecule has 23 heavy (non-hydrogen) atoms. The largest absolute Gasteiger partial charge is 0.448 e. The molecule has 134 valence electrons. The fourth-order valence-electron chi connectivity index (χ4n) is 1.34. The summed E-state index contributed by atoms with van der Waals surface area (Å²) in [5, 5.41) is 0.402. The highest BCUT2D eigenvalue weighted by Gasteiger charge is 2.27. The van der Waals surface area contributed by atoms with Gasteiger partial charge in [0.1, 0.15) is 0 Å². The molecular formula is C15H28N2O6. The third kappa shape index (κ3) is 10.4. The summed E-state index contributed by atoms with van der Waals surface area (Å²) in [6.07, 6.45) is 1.64. The quantitative estimate of drug-likeness (QED) is 0.394. The third-order valence-corrected chi connectivity index (χ3v) is 2.75. The summed E-state index contributed by atoms with van der Waals surface area (Å²) in [6.45, 7) is 6.33. The first-order valence-electron chi connectivity index (χ1n) is 8.13. The molecule has 0 radical (unpaired) electrons. The smallest absolute Gasteiger partial charge is 0.439 e.